The standard InChI is InChI=1S/C30H32N4O5/c1-33-24(22-13-7-9-16-31-22)29(27(36)38-2)19-34(18-15-21-11-5-4-6-12-21)20-30(26(29)35,28(37)39-3)25(33)23-14-8-10-17-32-23/h4-14,16-17,24-25H,15,18-20H2,1-3H3/t24-,25+,29-,30+. The third kappa shape index (κ3) is 4.22. The van der Waals surface area contributed by atoms with Gasteiger partial charge in [0.15, 0.2) is 16.6 Å². The molecule has 1 aromatic carbocycles. The van der Waals surface area contributed by atoms with E-state index < -0.39 is 40.6 Å². The van der Waals surface area contributed by atoms with E-state index in [4.69, 9.17) is 9.47 Å². The first-order valence-corrected chi connectivity index (χ1v) is 12.9. The summed E-state index contributed by atoms with van der Waals surface area (Å²) in [4.78, 5) is 55.6. The molecular weight excluding hydrogens is 496 g/mol. The Morgan fingerprint density at radius 1 is 0.821 bits per heavy atom. The molecule has 0 N–H and O–H groups in total. The van der Waals surface area contributed by atoms with Crippen molar-refractivity contribution in [2.45, 2.75) is 18.5 Å². The first kappa shape index (κ1) is 26.6. The summed E-state index contributed by atoms with van der Waals surface area (Å²) in [6, 6.07) is 19.1. The molecule has 0 spiro atoms. The number of ether oxygens (including phenoxy) is 2. The fourth-order valence-corrected chi connectivity index (χ4v) is 6.56. The number of pyridine rings is 2. The number of esters is 2. The lowest BCUT2D eigenvalue weighted by Gasteiger charge is -2.60. The minimum Gasteiger partial charge on any atom is -0.468 e. The minimum atomic E-state index is -1.73. The van der Waals surface area contributed by atoms with Crippen LogP contribution in [0.5, 0.6) is 0 Å². The van der Waals surface area contributed by atoms with E-state index in [-0.39, 0.29) is 13.1 Å². The van der Waals surface area contributed by atoms with Gasteiger partial charge in [-0.25, -0.2) is 0 Å². The maximum atomic E-state index is 14.9. The van der Waals surface area contributed by atoms with Gasteiger partial charge < -0.3 is 9.47 Å². The number of ketones is 1. The molecule has 2 aromatic heterocycles. The molecule has 0 amide bonds. The van der Waals surface area contributed by atoms with Gasteiger partial charge in [-0.2, -0.15) is 0 Å². The van der Waals surface area contributed by atoms with E-state index in [2.05, 4.69) is 9.97 Å². The van der Waals surface area contributed by atoms with Crippen LogP contribution >= 0.6 is 0 Å². The fourth-order valence-electron chi connectivity index (χ4n) is 6.56. The van der Waals surface area contributed by atoms with Crippen LogP contribution in [0, 0.1) is 10.8 Å². The van der Waals surface area contributed by atoms with Gasteiger partial charge in [-0.1, -0.05) is 42.5 Å². The topological polar surface area (TPSA) is 102 Å². The zero-order chi connectivity index (χ0) is 27.6. The smallest absolute Gasteiger partial charge is 0.322 e. The Morgan fingerprint density at radius 3 is 1.74 bits per heavy atom. The molecule has 202 valence electrons. The lowest BCUT2D eigenvalue weighted by atomic mass is 9.54. The summed E-state index contributed by atoms with van der Waals surface area (Å²) in [5, 5.41) is 0. The van der Waals surface area contributed by atoms with E-state index in [1.165, 1.54) is 14.2 Å². The quantitative estimate of drug-likeness (QED) is 0.338. The highest BCUT2D eigenvalue weighted by molar-refractivity contribution is 6.17. The molecule has 2 aliphatic rings. The maximum absolute atomic E-state index is 14.9. The molecular formula is C30H32N4O5. The number of aromatic nitrogens is 2. The molecule has 2 fully saturated rings. The number of methoxy groups -OCH3 is 2. The maximum Gasteiger partial charge on any atom is 0.322 e. The number of nitrogens with zero attached hydrogens (tertiary/aromatic N) is 4. The van der Waals surface area contributed by atoms with Crippen LogP contribution in [-0.2, 0) is 30.3 Å². The number of carbonyl (C=O) groups excluding carboxylic acids is 3. The molecule has 4 atom stereocenters. The Hall–Kier alpha value is -3.95. The third-order valence-corrected chi connectivity index (χ3v) is 8.10. The zero-order valence-electron chi connectivity index (χ0n) is 22.3. The molecule has 4 heterocycles. The second-order valence-corrected chi connectivity index (χ2v) is 10.2. The van der Waals surface area contributed by atoms with Crippen LogP contribution in [0.3, 0.4) is 0 Å². The first-order chi connectivity index (χ1) is 18.9. The van der Waals surface area contributed by atoms with Crippen LogP contribution in [0.25, 0.3) is 0 Å². The van der Waals surface area contributed by atoms with E-state index in [1.807, 2.05) is 52.3 Å². The highest BCUT2D eigenvalue weighted by atomic mass is 16.5. The van der Waals surface area contributed by atoms with E-state index in [1.54, 1.807) is 43.7 Å². The summed E-state index contributed by atoms with van der Waals surface area (Å²) in [5.41, 5.74) is -1.29. The predicted octanol–water partition coefficient (Wildman–Crippen LogP) is 2.65. The molecule has 0 saturated carbocycles. The largest absolute Gasteiger partial charge is 0.468 e. The second-order valence-electron chi connectivity index (χ2n) is 10.2. The number of rotatable bonds is 7. The van der Waals surface area contributed by atoms with Crippen molar-refractivity contribution < 1.29 is 23.9 Å². The van der Waals surface area contributed by atoms with Crippen molar-refractivity contribution in [1.29, 1.82) is 0 Å². The molecule has 0 radical (unpaired) electrons. The molecule has 0 unspecified atom stereocenters. The van der Waals surface area contributed by atoms with Crippen molar-refractivity contribution in [3.8, 4) is 0 Å². The van der Waals surface area contributed by atoms with Gasteiger partial charge >= 0.3 is 11.9 Å². The number of fused-ring (bicyclic) bond motifs is 2. The molecule has 9 nitrogen and oxygen atoms in total. The average Bonchev–Trinajstić information content (AvgIpc) is 2.98. The van der Waals surface area contributed by atoms with E-state index in [0.717, 1.165) is 5.56 Å². The fraction of sp³-hybridized carbons (Fsp3) is 0.367. The van der Waals surface area contributed by atoms with Crippen LogP contribution in [0.15, 0.2) is 79.1 Å². The molecule has 2 bridgehead atoms. The average molecular weight is 529 g/mol. The van der Waals surface area contributed by atoms with E-state index in [9.17, 15) is 14.4 Å². The first-order valence-electron chi connectivity index (χ1n) is 12.9. The summed E-state index contributed by atoms with van der Waals surface area (Å²) in [6.07, 6.45) is 3.93. The van der Waals surface area contributed by atoms with E-state index >= 15 is 0 Å². The summed E-state index contributed by atoms with van der Waals surface area (Å²) in [5.74, 6) is -1.92. The van der Waals surface area contributed by atoms with Crippen LogP contribution in [-0.4, -0.2) is 78.4 Å². The molecule has 9 heteroatoms. The summed E-state index contributed by atoms with van der Waals surface area (Å²) < 4.78 is 10.7. The number of carbonyl (C=O) groups is 3. The molecule has 0 aliphatic carbocycles. The third-order valence-electron chi connectivity index (χ3n) is 8.10. The molecule has 39 heavy (non-hydrogen) atoms. The van der Waals surface area contributed by atoms with Crippen molar-refractivity contribution in [2.75, 3.05) is 40.9 Å². The number of likely N-dealkylation sites (tertiary alicyclic amines) is 2. The number of benzene rings is 1. The Bertz CT molecular complexity index is 1260. The van der Waals surface area contributed by atoms with Gasteiger partial charge in [0.2, 0.25) is 0 Å². The lowest BCUT2D eigenvalue weighted by molar-refractivity contribution is -0.203. The summed E-state index contributed by atoms with van der Waals surface area (Å²) >= 11 is 0. The SMILES string of the molecule is COC(=O)[C@]12CN(CCc3ccccc3)C[C@](C(=O)OC)(C1=O)[C@@H](c1ccccn1)N(C)[C@H]2c1ccccn1. The Kier molecular flexibility index (Phi) is 7.29. The Labute approximate surface area is 227 Å². The van der Waals surface area contributed by atoms with Crippen molar-refractivity contribution in [1.82, 2.24) is 19.8 Å². The Balaban J connectivity index is 1.74. The normalized spacial score (nSPS) is 27.1. The zero-order valence-corrected chi connectivity index (χ0v) is 22.3. The lowest BCUT2D eigenvalue weighted by Crippen LogP contribution is -2.75. The second kappa shape index (κ2) is 10.7. The number of Topliss-reactive ketones (excluding diaryl/α,β-unsaturated/α-hetero) is 1. The number of hydrogen-bond acceptors (Lipinski definition) is 9. The van der Waals surface area contributed by atoms with Gasteiger partial charge in [0.25, 0.3) is 0 Å². The van der Waals surface area contributed by atoms with Gasteiger partial charge in [0, 0.05) is 32.0 Å². The van der Waals surface area contributed by atoms with Gasteiger partial charge in [-0.15, -0.1) is 0 Å². The van der Waals surface area contributed by atoms with Crippen LogP contribution in [0.4, 0.5) is 0 Å². The van der Waals surface area contributed by atoms with E-state index in [0.29, 0.717) is 24.4 Å². The van der Waals surface area contributed by atoms with Crippen LogP contribution in [0.2, 0.25) is 0 Å². The van der Waals surface area contributed by atoms with Crippen molar-refractivity contribution in [3.05, 3.63) is 96.1 Å². The van der Waals surface area contributed by atoms with Crippen molar-refractivity contribution in [2.24, 2.45) is 10.8 Å². The summed E-state index contributed by atoms with van der Waals surface area (Å²) in [6.45, 7) is 0.664. The minimum absolute atomic E-state index is 0.0740. The van der Waals surface area contributed by atoms with Gasteiger partial charge in [0.1, 0.15) is 0 Å². The number of hydrogen-bond donors (Lipinski definition) is 0. The van der Waals surface area contributed by atoms with Crippen molar-refractivity contribution in [3.63, 3.8) is 0 Å². The van der Waals surface area contributed by atoms with Gasteiger partial charge in [0.05, 0.1) is 37.7 Å². The predicted molar refractivity (Wildman–Crippen MR) is 142 cm³/mol. The van der Waals surface area contributed by atoms with Gasteiger partial charge in [-0.05, 0) is 43.3 Å². The van der Waals surface area contributed by atoms with Gasteiger partial charge in [-0.3, -0.25) is 34.2 Å². The Morgan fingerprint density at radius 2 is 1.31 bits per heavy atom. The highest BCUT2D eigenvalue weighted by Gasteiger charge is 2.75. The monoisotopic (exact) mass is 528 g/mol. The summed E-state index contributed by atoms with van der Waals surface area (Å²) in [7, 11) is 4.35. The number of piperidine rings is 2. The molecule has 2 aliphatic heterocycles. The van der Waals surface area contributed by atoms with Crippen LogP contribution < -0.4 is 0 Å². The molecule has 2 saturated heterocycles. The molecule has 5 rings (SSSR count). The van der Waals surface area contributed by atoms with Crippen LogP contribution in [0.1, 0.15) is 29.0 Å². The van der Waals surface area contributed by atoms with Crippen molar-refractivity contribution >= 4 is 17.7 Å². The highest BCUT2D eigenvalue weighted by Crippen LogP contribution is 2.60. The molecule has 3 aromatic rings.